The number of rotatable bonds is 10. The molecule has 0 aliphatic rings. The highest BCUT2D eigenvalue weighted by Crippen LogP contribution is 2.34. The van der Waals surface area contributed by atoms with Crippen molar-refractivity contribution in [2.75, 3.05) is 31.9 Å². The number of anilines is 1. The van der Waals surface area contributed by atoms with Gasteiger partial charge in [0.1, 0.15) is 11.8 Å². The van der Waals surface area contributed by atoms with Crippen molar-refractivity contribution in [2.24, 2.45) is 0 Å². The number of nitrogens with one attached hydrogen (secondary N) is 1. The highest BCUT2D eigenvalue weighted by molar-refractivity contribution is 7.92. The number of benzene rings is 2. The molecule has 0 saturated heterocycles. The van der Waals surface area contributed by atoms with E-state index in [0.717, 1.165) is 33.0 Å². The average molecular weight is 493 g/mol. The molecule has 1 amide bonds. The molecule has 2 aromatic carbocycles. The minimum Gasteiger partial charge on any atom is -0.496 e. The van der Waals surface area contributed by atoms with Crippen molar-refractivity contribution >= 4 is 21.6 Å². The van der Waals surface area contributed by atoms with E-state index in [1.165, 1.54) is 20.3 Å². The largest absolute Gasteiger partial charge is 0.496 e. The van der Waals surface area contributed by atoms with Crippen LogP contribution in [-0.4, -0.2) is 48.0 Å². The maximum absolute atomic E-state index is 13.2. The van der Waals surface area contributed by atoms with Crippen LogP contribution in [0, 0.1) is 6.92 Å². The van der Waals surface area contributed by atoms with Gasteiger partial charge in [-0.3, -0.25) is 9.10 Å². The summed E-state index contributed by atoms with van der Waals surface area (Å²) in [7, 11) is 0.818. The quantitative estimate of drug-likeness (QED) is 0.535. The van der Waals surface area contributed by atoms with Crippen molar-refractivity contribution in [3.05, 3.63) is 47.0 Å². The minimum absolute atomic E-state index is 0.238. The summed E-state index contributed by atoms with van der Waals surface area (Å²) in [5, 5.41) is 2.97. The molecule has 0 aliphatic carbocycles. The third-order valence-corrected chi connectivity index (χ3v) is 7.02. The Hall–Kier alpha value is -2.94. The normalized spacial score (nSPS) is 13.2. The molecule has 34 heavy (non-hydrogen) atoms. The first-order chi connectivity index (χ1) is 15.8. The SMILES string of the molecule is COc1ccc(N(C(C)C(=O)NC(C)c2cc(C(C)C)c(OC)cc2C)S(C)(=O)=O)cc1OC. The molecule has 0 aromatic heterocycles. The second-order valence-corrected chi connectivity index (χ2v) is 10.5. The van der Waals surface area contributed by atoms with Crippen molar-refractivity contribution in [2.45, 2.75) is 52.6 Å². The molecule has 0 bridgehead atoms. The third kappa shape index (κ3) is 5.94. The number of hydrogen-bond acceptors (Lipinski definition) is 6. The predicted octanol–water partition coefficient (Wildman–Crippen LogP) is 4.18. The van der Waals surface area contributed by atoms with Crippen LogP contribution in [0.2, 0.25) is 0 Å². The Labute approximate surface area is 203 Å². The standard InChI is InChI=1S/C25H36N2O6S/c1-15(2)20-14-21(16(3)12-23(20)32-7)17(4)26-25(28)18(5)27(34(9,29)30)19-10-11-22(31-6)24(13-19)33-8/h10-15,17-18H,1-9H3,(H,26,28). The van der Waals surface area contributed by atoms with Gasteiger partial charge in [0.15, 0.2) is 11.5 Å². The highest BCUT2D eigenvalue weighted by Gasteiger charge is 2.31. The van der Waals surface area contributed by atoms with Crippen LogP contribution in [0.15, 0.2) is 30.3 Å². The zero-order chi connectivity index (χ0) is 25.8. The van der Waals surface area contributed by atoms with Gasteiger partial charge in [0.25, 0.3) is 0 Å². The van der Waals surface area contributed by atoms with Crippen LogP contribution < -0.4 is 23.8 Å². The average Bonchev–Trinajstić information content (AvgIpc) is 2.77. The van der Waals surface area contributed by atoms with Gasteiger partial charge in [-0.15, -0.1) is 0 Å². The van der Waals surface area contributed by atoms with E-state index < -0.39 is 22.0 Å². The van der Waals surface area contributed by atoms with Crippen molar-refractivity contribution < 1.29 is 27.4 Å². The Bertz CT molecular complexity index is 1130. The molecule has 9 heteroatoms. The fourth-order valence-corrected chi connectivity index (χ4v) is 5.16. The van der Waals surface area contributed by atoms with Crippen LogP contribution in [0.1, 0.15) is 56.3 Å². The zero-order valence-electron chi connectivity index (χ0n) is 21.4. The number of amides is 1. The zero-order valence-corrected chi connectivity index (χ0v) is 22.2. The van der Waals surface area contributed by atoms with E-state index in [1.54, 1.807) is 26.2 Å². The van der Waals surface area contributed by atoms with Crippen molar-refractivity contribution in [1.29, 1.82) is 0 Å². The van der Waals surface area contributed by atoms with E-state index in [-0.39, 0.29) is 12.0 Å². The summed E-state index contributed by atoms with van der Waals surface area (Å²) in [6, 6.07) is 7.38. The molecule has 1 N–H and O–H groups in total. The molecule has 2 aromatic rings. The van der Waals surface area contributed by atoms with Crippen LogP contribution in [0.25, 0.3) is 0 Å². The molecule has 8 nitrogen and oxygen atoms in total. The molecule has 0 spiro atoms. The highest BCUT2D eigenvalue weighted by atomic mass is 32.2. The first-order valence-electron chi connectivity index (χ1n) is 11.1. The van der Waals surface area contributed by atoms with Crippen LogP contribution in [-0.2, 0) is 14.8 Å². The summed E-state index contributed by atoms with van der Waals surface area (Å²) in [4.78, 5) is 13.2. The number of nitrogens with zero attached hydrogens (tertiary/aromatic N) is 1. The first kappa shape index (κ1) is 27.3. The number of aryl methyl sites for hydroxylation is 1. The topological polar surface area (TPSA) is 94.2 Å². The number of carbonyl (C=O) groups excluding carboxylic acids is 1. The molecular formula is C25H36N2O6S. The third-order valence-electron chi connectivity index (χ3n) is 5.78. The molecule has 2 atom stereocenters. The lowest BCUT2D eigenvalue weighted by Gasteiger charge is -2.30. The van der Waals surface area contributed by atoms with Gasteiger partial charge in [-0.2, -0.15) is 0 Å². The van der Waals surface area contributed by atoms with Crippen molar-refractivity contribution in [3.8, 4) is 17.2 Å². The summed E-state index contributed by atoms with van der Waals surface area (Å²) in [5.41, 5.74) is 3.27. The Kier molecular flexibility index (Phi) is 8.83. The second-order valence-electron chi connectivity index (χ2n) is 8.61. The van der Waals surface area contributed by atoms with Gasteiger partial charge in [-0.1, -0.05) is 13.8 Å². The molecular weight excluding hydrogens is 456 g/mol. The van der Waals surface area contributed by atoms with E-state index in [4.69, 9.17) is 14.2 Å². The Morgan fingerprint density at radius 1 is 0.882 bits per heavy atom. The van der Waals surface area contributed by atoms with E-state index in [9.17, 15) is 13.2 Å². The maximum atomic E-state index is 13.2. The molecule has 0 aliphatic heterocycles. The number of sulfonamides is 1. The Morgan fingerprint density at radius 3 is 1.97 bits per heavy atom. The number of hydrogen-bond donors (Lipinski definition) is 1. The van der Waals surface area contributed by atoms with Crippen molar-refractivity contribution in [3.63, 3.8) is 0 Å². The fourth-order valence-electron chi connectivity index (χ4n) is 3.99. The summed E-state index contributed by atoms with van der Waals surface area (Å²) in [5.74, 6) is 1.45. The molecule has 0 heterocycles. The van der Waals surface area contributed by atoms with Gasteiger partial charge in [-0.25, -0.2) is 8.42 Å². The Balaban J connectivity index is 2.38. The maximum Gasteiger partial charge on any atom is 0.244 e. The summed E-state index contributed by atoms with van der Waals surface area (Å²) in [6.45, 7) is 9.55. The number of ether oxygens (including phenoxy) is 3. The van der Waals surface area contributed by atoms with Crippen LogP contribution >= 0.6 is 0 Å². The Morgan fingerprint density at radius 2 is 1.47 bits per heavy atom. The number of carbonyl (C=O) groups is 1. The van der Waals surface area contributed by atoms with E-state index >= 15 is 0 Å². The van der Waals surface area contributed by atoms with Gasteiger partial charge in [-0.05, 0) is 67.6 Å². The summed E-state index contributed by atoms with van der Waals surface area (Å²) >= 11 is 0. The second kappa shape index (κ2) is 11.0. The molecule has 188 valence electrons. The summed E-state index contributed by atoms with van der Waals surface area (Å²) in [6.07, 6.45) is 1.07. The minimum atomic E-state index is -3.78. The molecule has 0 fully saturated rings. The fraction of sp³-hybridized carbons (Fsp3) is 0.480. The van der Waals surface area contributed by atoms with Crippen molar-refractivity contribution in [1.82, 2.24) is 5.32 Å². The van der Waals surface area contributed by atoms with Gasteiger partial charge >= 0.3 is 0 Å². The van der Waals surface area contributed by atoms with Crippen LogP contribution in [0.5, 0.6) is 17.2 Å². The van der Waals surface area contributed by atoms with E-state index in [0.29, 0.717) is 17.2 Å². The lowest BCUT2D eigenvalue weighted by atomic mass is 9.93. The van der Waals surface area contributed by atoms with Crippen LogP contribution in [0.4, 0.5) is 5.69 Å². The van der Waals surface area contributed by atoms with Gasteiger partial charge < -0.3 is 19.5 Å². The monoisotopic (exact) mass is 492 g/mol. The first-order valence-corrected chi connectivity index (χ1v) is 12.9. The predicted molar refractivity (Wildman–Crippen MR) is 135 cm³/mol. The number of methoxy groups -OCH3 is 3. The molecule has 2 rings (SSSR count). The van der Waals surface area contributed by atoms with Gasteiger partial charge in [0.05, 0.1) is 39.3 Å². The lowest BCUT2D eigenvalue weighted by molar-refractivity contribution is -0.122. The molecule has 2 unspecified atom stereocenters. The summed E-state index contributed by atoms with van der Waals surface area (Å²) < 4.78 is 42.5. The van der Waals surface area contributed by atoms with Gasteiger partial charge in [0, 0.05) is 6.07 Å². The van der Waals surface area contributed by atoms with Gasteiger partial charge in [0.2, 0.25) is 15.9 Å². The molecule has 0 saturated carbocycles. The molecule has 0 radical (unpaired) electrons. The smallest absolute Gasteiger partial charge is 0.244 e. The van der Waals surface area contributed by atoms with E-state index in [1.807, 2.05) is 26.0 Å². The lowest BCUT2D eigenvalue weighted by Crippen LogP contribution is -2.48. The van der Waals surface area contributed by atoms with Crippen LogP contribution in [0.3, 0.4) is 0 Å². The van der Waals surface area contributed by atoms with E-state index in [2.05, 4.69) is 19.2 Å².